The van der Waals surface area contributed by atoms with Crippen molar-refractivity contribution in [3.05, 3.63) is 0 Å². The van der Waals surface area contributed by atoms with Gasteiger partial charge in [-0.1, -0.05) is 13.8 Å². The largest absolute Gasteiger partial charge is 0.337 e. The number of hydrogen-bond donors (Lipinski definition) is 1. The zero-order chi connectivity index (χ0) is 10.2. The molecule has 0 aromatic rings. The van der Waals surface area contributed by atoms with Crippen molar-refractivity contribution in [2.75, 3.05) is 13.6 Å². The maximum atomic E-state index is 13.4. The topological polar surface area (TPSA) is 32.3 Å². The van der Waals surface area contributed by atoms with Gasteiger partial charge in [-0.15, -0.1) is 0 Å². The van der Waals surface area contributed by atoms with Gasteiger partial charge in [0, 0.05) is 13.6 Å². The van der Waals surface area contributed by atoms with E-state index in [1.165, 1.54) is 0 Å². The number of carbonyl (C=O) groups excluding carboxylic acids is 1. The average molecular weight is 192 g/mol. The summed E-state index contributed by atoms with van der Waals surface area (Å²) in [6.45, 7) is 3.50. The smallest absolute Gasteiger partial charge is 0.333 e. The molecule has 0 saturated carbocycles. The molecule has 1 atom stereocenters. The number of carbonyl (C=O) groups is 1. The minimum absolute atomic E-state index is 0.0494. The number of nitrogens with zero attached hydrogens (tertiary/aromatic N) is 1. The van der Waals surface area contributed by atoms with Crippen LogP contribution in [0.1, 0.15) is 13.8 Å². The van der Waals surface area contributed by atoms with Crippen LogP contribution in [0.3, 0.4) is 0 Å². The summed E-state index contributed by atoms with van der Waals surface area (Å²) in [7, 11) is 1.11. The molecule has 1 N–H and O–H groups in total. The average Bonchev–Trinajstić information content (AvgIpc) is 1.99. The van der Waals surface area contributed by atoms with Crippen molar-refractivity contribution in [3.8, 4) is 0 Å². The molecule has 0 bridgehead atoms. The van der Waals surface area contributed by atoms with E-state index in [0.29, 0.717) is 4.90 Å². The van der Waals surface area contributed by atoms with Crippen molar-refractivity contribution in [1.29, 1.82) is 0 Å². The van der Waals surface area contributed by atoms with Crippen LogP contribution in [0.5, 0.6) is 0 Å². The molecule has 5 heteroatoms. The second kappa shape index (κ2) is 3.12. The second-order valence-corrected chi connectivity index (χ2v) is 3.68. The fourth-order valence-electron chi connectivity index (χ4n) is 1.46. The van der Waals surface area contributed by atoms with Crippen LogP contribution in [-0.4, -0.2) is 30.6 Å². The quantitative estimate of drug-likeness (QED) is 0.627. The Morgan fingerprint density at radius 1 is 1.62 bits per heavy atom. The lowest BCUT2D eigenvalue weighted by Gasteiger charge is -2.40. The maximum absolute atomic E-state index is 13.4. The maximum Gasteiger partial charge on any atom is 0.333 e. The Morgan fingerprint density at radius 2 is 2.15 bits per heavy atom. The van der Waals surface area contributed by atoms with Crippen molar-refractivity contribution in [2.45, 2.75) is 19.9 Å². The predicted octanol–water partition coefficient (Wildman–Crippen LogP) is 1.51. The van der Waals surface area contributed by atoms with Gasteiger partial charge < -0.3 is 5.32 Å². The lowest BCUT2D eigenvalue weighted by molar-refractivity contribution is -0.174. The number of amides is 2. The first-order valence-electron chi connectivity index (χ1n) is 4.27. The molecule has 1 fully saturated rings. The number of rotatable bonds is 1. The first-order chi connectivity index (χ1) is 5.87. The Hall–Kier alpha value is -0.870. The van der Waals surface area contributed by atoms with E-state index >= 15 is 0 Å². The Labute approximate surface area is 76.1 Å². The van der Waals surface area contributed by atoms with E-state index in [4.69, 9.17) is 0 Å². The molecule has 0 spiro atoms. The molecule has 1 unspecified atom stereocenters. The van der Waals surface area contributed by atoms with E-state index in [9.17, 15) is 13.6 Å². The molecule has 0 aromatic carbocycles. The first kappa shape index (κ1) is 10.2. The molecule has 0 aromatic heterocycles. The van der Waals surface area contributed by atoms with Crippen molar-refractivity contribution in [3.63, 3.8) is 0 Å². The summed E-state index contributed by atoms with van der Waals surface area (Å²) in [5.74, 6) is -0.965. The summed E-state index contributed by atoms with van der Waals surface area (Å²) in [5, 5.41) is 2.43. The van der Waals surface area contributed by atoms with Gasteiger partial charge in [-0.05, 0) is 5.92 Å². The SMILES string of the molecule is CC(C)C1CNC(=O)N(C)C1(F)F. The van der Waals surface area contributed by atoms with Crippen LogP contribution in [0.15, 0.2) is 0 Å². The molecule has 13 heavy (non-hydrogen) atoms. The van der Waals surface area contributed by atoms with E-state index in [1.807, 2.05) is 0 Å². The molecule has 76 valence electrons. The lowest BCUT2D eigenvalue weighted by atomic mass is 9.91. The molecule has 1 aliphatic rings. The third-order valence-corrected chi connectivity index (χ3v) is 2.48. The normalized spacial score (nSPS) is 27.7. The summed E-state index contributed by atoms with van der Waals surface area (Å²) >= 11 is 0. The van der Waals surface area contributed by atoms with Crippen LogP contribution >= 0.6 is 0 Å². The highest BCUT2D eigenvalue weighted by molar-refractivity contribution is 5.75. The Kier molecular flexibility index (Phi) is 2.45. The highest BCUT2D eigenvalue weighted by Gasteiger charge is 2.50. The molecule has 1 heterocycles. The lowest BCUT2D eigenvalue weighted by Crippen LogP contribution is -2.61. The van der Waals surface area contributed by atoms with Gasteiger partial charge in [-0.25, -0.2) is 4.79 Å². The Bertz CT molecular complexity index is 218. The van der Waals surface area contributed by atoms with E-state index in [2.05, 4.69) is 5.32 Å². The first-order valence-corrected chi connectivity index (χ1v) is 4.27. The molecule has 1 rings (SSSR count). The van der Waals surface area contributed by atoms with Gasteiger partial charge in [0.05, 0.1) is 5.92 Å². The molecular weight excluding hydrogens is 178 g/mol. The van der Waals surface area contributed by atoms with Crippen LogP contribution in [0.25, 0.3) is 0 Å². The van der Waals surface area contributed by atoms with Crippen molar-refractivity contribution in [2.24, 2.45) is 11.8 Å². The minimum atomic E-state index is -3.03. The summed E-state index contributed by atoms with van der Waals surface area (Å²) < 4.78 is 26.9. The van der Waals surface area contributed by atoms with Gasteiger partial charge in [0.15, 0.2) is 0 Å². The van der Waals surface area contributed by atoms with Crippen LogP contribution in [0, 0.1) is 11.8 Å². The highest BCUT2D eigenvalue weighted by atomic mass is 19.3. The standard InChI is InChI=1S/C8H14F2N2O/c1-5(2)6-4-11-7(13)12(3)8(6,9)10/h5-6H,4H2,1-3H3,(H,11,13). The summed E-state index contributed by atoms with van der Waals surface area (Å²) in [4.78, 5) is 11.4. The van der Waals surface area contributed by atoms with Crippen LogP contribution < -0.4 is 5.32 Å². The number of alkyl halides is 2. The van der Waals surface area contributed by atoms with E-state index in [1.54, 1.807) is 13.8 Å². The number of nitrogens with one attached hydrogen (secondary N) is 1. The van der Waals surface area contributed by atoms with E-state index in [-0.39, 0.29) is 12.5 Å². The zero-order valence-corrected chi connectivity index (χ0v) is 7.97. The molecule has 2 amide bonds. The fraction of sp³-hybridized carbons (Fsp3) is 0.875. The monoisotopic (exact) mass is 192 g/mol. The third kappa shape index (κ3) is 1.59. The molecule has 0 aliphatic carbocycles. The summed E-state index contributed by atoms with van der Waals surface area (Å²) in [6, 6.07) is -3.74. The second-order valence-electron chi connectivity index (χ2n) is 3.68. The molecule has 0 radical (unpaired) electrons. The van der Waals surface area contributed by atoms with Gasteiger partial charge in [-0.3, -0.25) is 4.90 Å². The van der Waals surface area contributed by atoms with Crippen LogP contribution in [0.4, 0.5) is 13.6 Å². The molecule has 1 aliphatic heterocycles. The fourth-order valence-corrected chi connectivity index (χ4v) is 1.46. The van der Waals surface area contributed by atoms with Crippen molar-refractivity contribution >= 4 is 6.03 Å². The zero-order valence-electron chi connectivity index (χ0n) is 7.97. The van der Waals surface area contributed by atoms with E-state index < -0.39 is 18.0 Å². The van der Waals surface area contributed by atoms with Gasteiger partial charge in [0.2, 0.25) is 0 Å². The van der Waals surface area contributed by atoms with E-state index in [0.717, 1.165) is 7.05 Å². The predicted molar refractivity (Wildman–Crippen MR) is 44.4 cm³/mol. The van der Waals surface area contributed by atoms with Crippen LogP contribution in [0.2, 0.25) is 0 Å². The summed E-state index contributed by atoms with van der Waals surface area (Å²) in [5.41, 5.74) is 0. The number of hydrogen-bond acceptors (Lipinski definition) is 1. The molecule has 1 saturated heterocycles. The highest BCUT2D eigenvalue weighted by Crippen LogP contribution is 2.34. The van der Waals surface area contributed by atoms with Gasteiger partial charge in [-0.2, -0.15) is 8.78 Å². The van der Waals surface area contributed by atoms with Gasteiger partial charge in [0.1, 0.15) is 0 Å². The van der Waals surface area contributed by atoms with Gasteiger partial charge in [0.25, 0.3) is 0 Å². The van der Waals surface area contributed by atoms with Crippen molar-refractivity contribution < 1.29 is 13.6 Å². The minimum Gasteiger partial charge on any atom is -0.337 e. The third-order valence-electron chi connectivity index (χ3n) is 2.48. The van der Waals surface area contributed by atoms with Crippen molar-refractivity contribution in [1.82, 2.24) is 10.2 Å². The van der Waals surface area contributed by atoms with Gasteiger partial charge >= 0.3 is 12.1 Å². The Balaban J connectivity index is 2.85. The molecular formula is C8H14F2N2O. The summed E-state index contributed by atoms with van der Waals surface area (Å²) in [6.07, 6.45) is 0. The van der Waals surface area contributed by atoms with Crippen LogP contribution in [-0.2, 0) is 0 Å². The number of halogens is 2. The Morgan fingerprint density at radius 3 is 2.62 bits per heavy atom. The number of urea groups is 1. The molecule has 3 nitrogen and oxygen atoms in total.